The van der Waals surface area contributed by atoms with Gasteiger partial charge in [0.2, 0.25) is 0 Å². The molecule has 21 heavy (non-hydrogen) atoms. The zero-order valence-electron chi connectivity index (χ0n) is 12.8. The maximum Gasteiger partial charge on any atom is 0.276 e. The first-order chi connectivity index (χ1) is 10.1. The highest BCUT2D eigenvalue weighted by Gasteiger charge is 2.14. The Morgan fingerprint density at radius 3 is 2.48 bits per heavy atom. The van der Waals surface area contributed by atoms with Crippen molar-refractivity contribution in [1.29, 1.82) is 0 Å². The van der Waals surface area contributed by atoms with E-state index in [4.69, 9.17) is 0 Å². The summed E-state index contributed by atoms with van der Waals surface area (Å²) in [6.07, 6.45) is 2.75. The molecule has 1 aromatic heterocycles. The maximum atomic E-state index is 12.4. The maximum absolute atomic E-state index is 12.4. The molecular weight excluding hydrogens is 262 g/mol. The first kappa shape index (κ1) is 15.0. The Kier molecular flexibility index (Phi) is 4.93. The van der Waals surface area contributed by atoms with Crippen LogP contribution in [0.4, 0.5) is 11.4 Å². The predicted octanol–water partition coefficient (Wildman–Crippen LogP) is 3.49. The predicted molar refractivity (Wildman–Crippen MR) is 86.9 cm³/mol. The number of hydrogen-bond donors (Lipinski definition) is 1. The fourth-order valence-electron chi connectivity index (χ4n) is 1.95. The molecule has 0 bridgehead atoms. The van der Waals surface area contributed by atoms with Crippen molar-refractivity contribution in [3.63, 3.8) is 0 Å². The van der Waals surface area contributed by atoms with Crippen molar-refractivity contribution in [1.82, 2.24) is 4.98 Å². The molecule has 0 spiro atoms. The highest BCUT2D eigenvalue weighted by molar-refractivity contribution is 6.04. The van der Waals surface area contributed by atoms with E-state index in [-0.39, 0.29) is 5.91 Å². The summed E-state index contributed by atoms with van der Waals surface area (Å²) in [4.78, 5) is 18.3. The van der Waals surface area contributed by atoms with Gasteiger partial charge < -0.3 is 10.2 Å². The topological polar surface area (TPSA) is 45.2 Å². The van der Waals surface area contributed by atoms with Gasteiger partial charge in [-0.1, -0.05) is 24.6 Å². The number of amides is 1. The molecule has 1 N–H and O–H groups in total. The molecule has 1 aromatic carbocycles. The minimum atomic E-state index is -0.110. The second kappa shape index (κ2) is 6.88. The van der Waals surface area contributed by atoms with Gasteiger partial charge in [0.15, 0.2) is 0 Å². The third-order valence-electron chi connectivity index (χ3n) is 3.29. The number of nitrogens with one attached hydrogen (secondary N) is 1. The number of aromatic nitrogens is 1. The van der Waals surface area contributed by atoms with E-state index in [0.717, 1.165) is 24.3 Å². The summed E-state index contributed by atoms with van der Waals surface area (Å²) in [5.74, 6) is -0.110. The Morgan fingerprint density at radius 2 is 1.90 bits per heavy atom. The smallest absolute Gasteiger partial charge is 0.276 e. The Balaban J connectivity index is 2.10. The van der Waals surface area contributed by atoms with Gasteiger partial charge >= 0.3 is 0 Å². The molecule has 0 aliphatic carbocycles. The molecule has 110 valence electrons. The SMILES string of the molecule is CCCNc1ccc(C(=O)N(C)c2ccc(C)cc2)nc1. The van der Waals surface area contributed by atoms with Gasteiger partial charge in [0.1, 0.15) is 5.69 Å². The number of pyridine rings is 1. The van der Waals surface area contributed by atoms with E-state index >= 15 is 0 Å². The summed E-state index contributed by atoms with van der Waals surface area (Å²) in [5.41, 5.74) is 3.41. The number of hydrogen-bond acceptors (Lipinski definition) is 3. The van der Waals surface area contributed by atoms with Crippen LogP contribution in [0.15, 0.2) is 42.6 Å². The van der Waals surface area contributed by atoms with E-state index in [0.29, 0.717) is 5.69 Å². The summed E-state index contributed by atoms with van der Waals surface area (Å²) in [5, 5.41) is 3.24. The number of benzene rings is 1. The van der Waals surface area contributed by atoms with Crippen molar-refractivity contribution < 1.29 is 4.79 Å². The van der Waals surface area contributed by atoms with Gasteiger partial charge in [-0.2, -0.15) is 0 Å². The van der Waals surface area contributed by atoms with Crippen LogP contribution in [0.3, 0.4) is 0 Å². The largest absolute Gasteiger partial charge is 0.384 e. The highest BCUT2D eigenvalue weighted by atomic mass is 16.2. The molecule has 0 atom stereocenters. The monoisotopic (exact) mass is 283 g/mol. The van der Waals surface area contributed by atoms with Crippen LogP contribution >= 0.6 is 0 Å². The van der Waals surface area contributed by atoms with Gasteiger partial charge in [-0.3, -0.25) is 4.79 Å². The molecule has 0 saturated carbocycles. The quantitative estimate of drug-likeness (QED) is 0.913. The molecule has 0 fully saturated rings. The second-order valence-corrected chi connectivity index (χ2v) is 5.06. The van der Waals surface area contributed by atoms with Crippen LogP contribution in [0.2, 0.25) is 0 Å². The van der Waals surface area contributed by atoms with Crippen LogP contribution in [0, 0.1) is 6.92 Å². The fraction of sp³-hybridized carbons (Fsp3) is 0.294. The molecule has 2 rings (SSSR count). The molecule has 1 amide bonds. The lowest BCUT2D eigenvalue weighted by atomic mass is 10.2. The average Bonchev–Trinajstić information content (AvgIpc) is 2.53. The van der Waals surface area contributed by atoms with E-state index in [1.54, 1.807) is 24.2 Å². The molecule has 0 unspecified atom stereocenters. The standard InChI is InChI=1S/C17H21N3O/c1-4-11-18-14-7-10-16(19-12-14)17(21)20(3)15-8-5-13(2)6-9-15/h5-10,12,18H,4,11H2,1-3H3. The molecule has 0 saturated heterocycles. The first-order valence-electron chi connectivity index (χ1n) is 7.16. The Bertz CT molecular complexity index is 590. The van der Waals surface area contributed by atoms with E-state index in [2.05, 4.69) is 17.2 Å². The van der Waals surface area contributed by atoms with Gasteiger partial charge in [-0.25, -0.2) is 4.98 Å². The van der Waals surface area contributed by atoms with Crippen molar-refractivity contribution >= 4 is 17.3 Å². The summed E-state index contributed by atoms with van der Waals surface area (Å²) in [6.45, 7) is 5.03. The minimum absolute atomic E-state index is 0.110. The van der Waals surface area contributed by atoms with Crippen LogP contribution in [0.25, 0.3) is 0 Å². The van der Waals surface area contributed by atoms with Crippen molar-refractivity contribution in [3.05, 3.63) is 53.9 Å². The number of carbonyl (C=O) groups excluding carboxylic acids is 1. The van der Waals surface area contributed by atoms with E-state index in [1.165, 1.54) is 5.56 Å². The lowest BCUT2D eigenvalue weighted by Crippen LogP contribution is -2.27. The lowest BCUT2D eigenvalue weighted by molar-refractivity contribution is 0.0988. The van der Waals surface area contributed by atoms with Gasteiger partial charge in [-0.05, 0) is 37.6 Å². The van der Waals surface area contributed by atoms with Crippen molar-refractivity contribution in [2.45, 2.75) is 20.3 Å². The normalized spacial score (nSPS) is 10.2. The third-order valence-corrected chi connectivity index (χ3v) is 3.29. The van der Waals surface area contributed by atoms with Crippen LogP contribution in [0.1, 0.15) is 29.4 Å². The van der Waals surface area contributed by atoms with E-state index in [1.807, 2.05) is 37.3 Å². The number of anilines is 2. The zero-order chi connectivity index (χ0) is 15.2. The average molecular weight is 283 g/mol. The Morgan fingerprint density at radius 1 is 1.19 bits per heavy atom. The molecule has 0 radical (unpaired) electrons. The second-order valence-electron chi connectivity index (χ2n) is 5.06. The molecule has 1 heterocycles. The molecule has 2 aromatic rings. The Labute approximate surface area is 125 Å². The number of rotatable bonds is 5. The fourth-order valence-corrected chi connectivity index (χ4v) is 1.95. The summed E-state index contributed by atoms with van der Waals surface area (Å²) in [7, 11) is 1.76. The summed E-state index contributed by atoms with van der Waals surface area (Å²) >= 11 is 0. The van der Waals surface area contributed by atoms with Gasteiger partial charge in [0.05, 0.1) is 11.9 Å². The van der Waals surface area contributed by atoms with Crippen LogP contribution < -0.4 is 10.2 Å². The molecule has 4 heteroatoms. The molecule has 0 aliphatic heterocycles. The molecule has 4 nitrogen and oxygen atoms in total. The van der Waals surface area contributed by atoms with Crippen molar-refractivity contribution in [3.8, 4) is 0 Å². The van der Waals surface area contributed by atoms with E-state index in [9.17, 15) is 4.79 Å². The third kappa shape index (κ3) is 3.81. The number of nitrogens with zero attached hydrogens (tertiary/aromatic N) is 2. The molecular formula is C17H21N3O. The zero-order valence-corrected chi connectivity index (χ0v) is 12.8. The van der Waals surface area contributed by atoms with Crippen LogP contribution in [0.5, 0.6) is 0 Å². The van der Waals surface area contributed by atoms with Gasteiger partial charge in [0.25, 0.3) is 5.91 Å². The summed E-state index contributed by atoms with van der Waals surface area (Å²) < 4.78 is 0. The highest BCUT2D eigenvalue weighted by Crippen LogP contribution is 2.16. The van der Waals surface area contributed by atoms with Crippen molar-refractivity contribution in [2.75, 3.05) is 23.8 Å². The number of aryl methyl sites for hydroxylation is 1. The van der Waals surface area contributed by atoms with Crippen LogP contribution in [-0.4, -0.2) is 24.5 Å². The minimum Gasteiger partial charge on any atom is -0.384 e. The van der Waals surface area contributed by atoms with Gasteiger partial charge in [0, 0.05) is 19.3 Å². The number of carbonyl (C=O) groups is 1. The summed E-state index contributed by atoms with van der Waals surface area (Å²) in [6, 6.07) is 11.5. The van der Waals surface area contributed by atoms with Gasteiger partial charge in [-0.15, -0.1) is 0 Å². The van der Waals surface area contributed by atoms with E-state index < -0.39 is 0 Å². The first-order valence-corrected chi connectivity index (χ1v) is 7.16. The van der Waals surface area contributed by atoms with Crippen molar-refractivity contribution in [2.24, 2.45) is 0 Å². The Hall–Kier alpha value is -2.36. The lowest BCUT2D eigenvalue weighted by Gasteiger charge is -2.17. The van der Waals surface area contributed by atoms with Crippen LogP contribution in [-0.2, 0) is 0 Å². The molecule has 0 aliphatic rings.